The molecular formula is C17H26N2O4S. The van der Waals surface area contributed by atoms with Crippen molar-refractivity contribution in [3.8, 4) is 5.75 Å². The molecule has 1 heterocycles. The Morgan fingerprint density at radius 3 is 2.62 bits per heavy atom. The van der Waals surface area contributed by atoms with Gasteiger partial charge in [0, 0.05) is 24.2 Å². The number of carbonyl (C=O) groups is 1. The van der Waals surface area contributed by atoms with Crippen LogP contribution in [-0.2, 0) is 10.0 Å². The van der Waals surface area contributed by atoms with E-state index in [4.69, 9.17) is 4.74 Å². The number of carbonyl (C=O) groups excluding carboxylic acids is 1. The Morgan fingerprint density at radius 2 is 2.04 bits per heavy atom. The Balaban J connectivity index is 2.44. The molecule has 1 amide bonds. The maximum absolute atomic E-state index is 13.1. The molecule has 2 rings (SSSR count). The Hall–Kier alpha value is -1.60. The van der Waals surface area contributed by atoms with E-state index in [1.165, 1.54) is 23.5 Å². The number of piperidine rings is 1. The van der Waals surface area contributed by atoms with Crippen LogP contribution >= 0.6 is 0 Å². The van der Waals surface area contributed by atoms with Gasteiger partial charge in [-0.15, -0.1) is 0 Å². The molecule has 1 atom stereocenters. The van der Waals surface area contributed by atoms with Crippen molar-refractivity contribution in [1.82, 2.24) is 9.62 Å². The lowest BCUT2D eigenvalue weighted by Crippen LogP contribution is -2.42. The number of hydrogen-bond donors (Lipinski definition) is 1. The van der Waals surface area contributed by atoms with E-state index >= 15 is 0 Å². The lowest BCUT2D eigenvalue weighted by atomic mass is 10.1. The predicted octanol–water partition coefficient (Wildman–Crippen LogP) is 2.40. The minimum absolute atomic E-state index is 0.0261. The third-order valence-electron chi connectivity index (χ3n) is 4.17. The van der Waals surface area contributed by atoms with Gasteiger partial charge in [-0.05, 0) is 51.8 Å². The van der Waals surface area contributed by atoms with Gasteiger partial charge in [0.25, 0.3) is 5.91 Å². The van der Waals surface area contributed by atoms with Gasteiger partial charge in [0.1, 0.15) is 10.6 Å². The van der Waals surface area contributed by atoms with Crippen molar-refractivity contribution in [2.75, 3.05) is 13.7 Å². The van der Waals surface area contributed by atoms with Crippen molar-refractivity contribution >= 4 is 15.9 Å². The summed E-state index contributed by atoms with van der Waals surface area (Å²) in [6.45, 7) is 6.12. The van der Waals surface area contributed by atoms with Gasteiger partial charge in [0.2, 0.25) is 10.0 Å². The second-order valence-electron chi connectivity index (χ2n) is 6.45. The van der Waals surface area contributed by atoms with Gasteiger partial charge in [-0.2, -0.15) is 4.31 Å². The average Bonchev–Trinajstić information content (AvgIpc) is 2.53. The Bertz CT molecular complexity index is 701. The molecule has 0 spiro atoms. The lowest BCUT2D eigenvalue weighted by molar-refractivity contribution is 0.0943. The summed E-state index contributed by atoms with van der Waals surface area (Å²) in [6, 6.07) is 4.45. The summed E-state index contributed by atoms with van der Waals surface area (Å²) in [5.74, 6) is -0.0373. The van der Waals surface area contributed by atoms with Gasteiger partial charge in [0.15, 0.2) is 0 Å². The van der Waals surface area contributed by atoms with Gasteiger partial charge < -0.3 is 10.1 Å². The van der Waals surface area contributed by atoms with Gasteiger partial charge in [0.05, 0.1) is 7.11 Å². The van der Waals surface area contributed by atoms with E-state index in [1.54, 1.807) is 6.07 Å². The summed E-state index contributed by atoms with van der Waals surface area (Å²) in [6.07, 6.45) is 2.72. The zero-order valence-electron chi connectivity index (χ0n) is 14.7. The molecule has 1 aromatic rings. The van der Waals surface area contributed by atoms with Crippen LogP contribution in [0.2, 0.25) is 0 Å². The predicted molar refractivity (Wildman–Crippen MR) is 92.8 cm³/mol. The zero-order valence-corrected chi connectivity index (χ0v) is 15.5. The van der Waals surface area contributed by atoms with E-state index < -0.39 is 10.0 Å². The molecule has 1 fully saturated rings. The Morgan fingerprint density at radius 1 is 1.33 bits per heavy atom. The number of hydrogen-bond acceptors (Lipinski definition) is 4. The van der Waals surface area contributed by atoms with E-state index in [2.05, 4.69) is 5.32 Å². The van der Waals surface area contributed by atoms with Crippen molar-refractivity contribution in [3.05, 3.63) is 23.8 Å². The first-order valence-corrected chi connectivity index (χ1v) is 9.72. The minimum atomic E-state index is -3.71. The highest BCUT2D eigenvalue weighted by atomic mass is 32.2. The molecule has 1 aliphatic heterocycles. The lowest BCUT2D eigenvalue weighted by Gasteiger charge is -2.32. The van der Waals surface area contributed by atoms with Crippen LogP contribution in [0.4, 0.5) is 0 Å². The monoisotopic (exact) mass is 354 g/mol. The third-order valence-corrected chi connectivity index (χ3v) is 6.21. The SMILES string of the molecule is COc1ccc(C(=O)NC(C)C)cc1S(=O)(=O)N1CCCCC1C. The highest BCUT2D eigenvalue weighted by Crippen LogP contribution is 2.31. The van der Waals surface area contributed by atoms with Crippen molar-refractivity contribution < 1.29 is 17.9 Å². The highest BCUT2D eigenvalue weighted by molar-refractivity contribution is 7.89. The number of nitrogens with zero attached hydrogens (tertiary/aromatic N) is 1. The van der Waals surface area contributed by atoms with Crippen LogP contribution in [0.15, 0.2) is 23.1 Å². The number of rotatable bonds is 5. The average molecular weight is 354 g/mol. The molecule has 0 radical (unpaired) electrons. The molecule has 1 unspecified atom stereocenters. The normalized spacial score (nSPS) is 19.3. The summed E-state index contributed by atoms with van der Waals surface area (Å²) in [4.78, 5) is 12.3. The van der Waals surface area contributed by atoms with Crippen LogP contribution < -0.4 is 10.1 Å². The Labute approximate surface area is 144 Å². The van der Waals surface area contributed by atoms with Crippen LogP contribution in [0.3, 0.4) is 0 Å². The smallest absolute Gasteiger partial charge is 0.251 e. The maximum atomic E-state index is 13.1. The van der Waals surface area contributed by atoms with E-state index in [1.807, 2.05) is 20.8 Å². The number of benzene rings is 1. The van der Waals surface area contributed by atoms with Crippen LogP contribution in [0, 0.1) is 0 Å². The van der Waals surface area contributed by atoms with Crippen LogP contribution in [0.25, 0.3) is 0 Å². The summed E-state index contributed by atoms with van der Waals surface area (Å²) in [7, 11) is -2.28. The summed E-state index contributed by atoms with van der Waals surface area (Å²) in [5.41, 5.74) is 0.313. The van der Waals surface area contributed by atoms with Crippen LogP contribution in [0.1, 0.15) is 50.4 Å². The first-order chi connectivity index (χ1) is 11.3. The standard InChI is InChI=1S/C17H26N2O4S/c1-12(2)18-17(20)14-8-9-15(23-4)16(11-14)24(21,22)19-10-6-5-7-13(19)3/h8-9,11-13H,5-7,10H2,1-4H3,(H,18,20). The minimum Gasteiger partial charge on any atom is -0.495 e. The van der Waals surface area contributed by atoms with Crippen LogP contribution in [0.5, 0.6) is 5.75 Å². The molecule has 0 aromatic heterocycles. The first kappa shape index (κ1) is 18.7. The van der Waals surface area contributed by atoms with E-state index in [9.17, 15) is 13.2 Å². The number of sulfonamides is 1. The molecular weight excluding hydrogens is 328 g/mol. The fourth-order valence-corrected chi connectivity index (χ4v) is 4.80. The fourth-order valence-electron chi connectivity index (χ4n) is 2.92. The van der Waals surface area contributed by atoms with Gasteiger partial charge in [-0.3, -0.25) is 4.79 Å². The summed E-state index contributed by atoms with van der Waals surface area (Å²) < 4.78 is 32.9. The molecule has 1 saturated heterocycles. The van der Waals surface area contributed by atoms with Gasteiger partial charge >= 0.3 is 0 Å². The molecule has 134 valence electrons. The number of ether oxygens (including phenoxy) is 1. The van der Waals surface area contributed by atoms with E-state index in [0.29, 0.717) is 12.1 Å². The Kier molecular flexibility index (Phi) is 5.87. The number of amides is 1. The molecule has 0 saturated carbocycles. The molecule has 24 heavy (non-hydrogen) atoms. The molecule has 1 N–H and O–H groups in total. The molecule has 0 aliphatic carbocycles. The van der Waals surface area contributed by atoms with E-state index in [0.717, 1.165) is 19.3 Å². The zero-order chi connectivity index (χ0) is 17.9. The number of nitrogens with one attached hydrogen (secondary N) is 1. The quantitative estimate of drug-likeness (QED) is 0.881. The molecule has 7 heteroatoms. The van der Waals surface area contributed by atoms with Gasteiger partial charge in [-0.1, -0.05) is 6.42 Å². The second-order valence-corrected chi connectivity index (χ2v) is 8.31. The second kappa shape index (κ2) is 7.53. The fraction of sp³-hybridized carbons (Fsp3) is 0.588. The molecule has 0 bridgehead atoms. The van der Waals surface area contributed by atoms with E-state index in [-0.39, 0.29) is 28.6 Å². The summed E-state index contributed by atoms with van der Waals surface area (Å²) >= 11 is 0. The largest absolute Gasteiger partial charge is 0.495 e. The maximum Gasteiger partial charge on any atom is 0.251 e. The number of methoxy groups -OCH3 is 1. The highest BCUT2D eigenvalue weighted by Gasteiger charge is 2.33. The van der Waals surface area contributed by atoms with Crippen LogP contribution in [-0.4, -0.2) is 44.4 Å². The molecule has 1 aromatic carbocycles. The molecule has 6 nitrogen and oxygen atoms in total. The van der Waals surface area contributed by atoms with Crippen molar-refractivity contribution in [1.29, 1.82) is 0 Å². The van der Waals surface area contributed by atoms with Crippen molar-refractivity contribution in [2.24, 2.45) is 0 Å². The third kappa shape index (κ3) is 3.89. The summed E-state index contributed by atoms with van der Waals surface area (Å²) in [5, 5.41) is 2.78. The first-order valence-electron chi connectivity index (χ1n) is 8.28. The van der Waals surface area contributed by atoms with Gasteiger partial charge in [-0.25, -0.2) is 8.42 Å². The van der Waals surface area contributed by atoms with Crippen molar-refractivity contribution in [2.45, 2.75) is 57.0 Å². The molecule has 1 aliphatic rings. The van der Waals surface area contributed by atoms with Crippen molar-refractivity contribution in [3.63, 3.8) is 0 Å². The topological polar surface area (TPSA) is 75.7 Å².